The molecule has 0 aromatic heterocycles. The summed E-state index contributed by atoms with van der Waals surface area (Å²) < 4.78 is 39.4. The van der Waals surface area contributed by atoms with Gasteiger partial charge in [-0.3, -0.25) is 0 Å². The summed E-state index contributed by atoms with van der Waals surface area (Å²) >= 11 is 4.59. The Morgan fingerprint density at radius 1 is 1.31 bits per heavy atom. The second kappa shape index (κ2) is 3.85. The summed E-state index contributed by atoms with van der Waals surface area (Å²) in [6, 6.07) is 0. The van der Waals surface area contributed by atoms with Crippen molar-refractivity contribution in [2.75, 3.05) is 6.61 Å². The maximum Gasteiger partial charge on any atom is 0.412 e. The van der Waals surface area contributed by atoms with Crippen LogP contribution in [-0.4, -0.2) is 22.8 Å². The molecular weight excluding hydrogens is 224 g/mol. The van der Waals surface area contributed by atoms with E-state index in [0.717, 1.165) is 0 Å². The van der Waals surface area contributed by atoms with Crippen molar-refractivity contribution in [2.24, 2.45) is 0 Å². The third kappa shape index (κ3) is 4.96. The largest absolute Gasteiger partial charge is 0.412 e. The molecule has 0 saturated heterocycles. The van der Waals surface area contributed by atoms with E-state index < -0.39 is 24.4 Å². The molecule has 0 radical (unpaired) electrons. The zero-order chi connectivity index (χ0) is 10.9. The van der Waals surface area contributed by atoms with Gasteiger partial charge in [0.1, 0.15) is 6.61 Å². The van der Waals surface area contributed by atoms with Crippen LogP contribution in [0.2, 0.25) is 0 Å². The zero-order valence-corrected chi connectivity index (χ0v) is 9.26. The quantitative estimate of drug-likeness (QED) is 0.747. The maximum atomic E-state index is 11.7. The lowest BCUT2D eigenvalue weighted by Gasteiger charge is -2.29. The van der Waals surface area contributed by atoms with Crippen LogP contribution in [0.5, 0.6) is 0 Å². The molecule has 1 N–H and O–H groups in total. The van der Waals surface area contributed by atoms with Crippen LogP contribution in [0.3, 0.4) is 0 Å². The summed E-state index contributed by atoms with van der Waals surface area (Å²) in [6.45, 7) is -0.210. The molecule has 0 aromatic rings. The highest BCUT2D eigenvalue weighted by molar-refractivity contribution is 8.10. The molecule has 0 aromatic carbocycles. The van der Waals surface area contributed by atoms with Gasteiger partial charge in [-0.1, -0.05) is 20.8 Å². The third-order valence-corrected chi connectivity index (χ3v) is 5.38. The van der Waals surface area contributed by atoms with Crippen molar-refractivity contribution in [3.8, 4) is 0 Å². The monoisotopic (exact) mass is 236 g/mol. The normalized spacial score (nSPS) is 18.4. The topological polar surface area (TPSA) is 29.5 Å². The molecule has 13 heavy (non-hydrogen) atoms. The van der Waals surface area contributed by atoms with Gasteiger partial charge in [-0.05, 0) is 11.8 Å². The van der Waals surface area contributed by atoms with Crippen molar-refractivity contribution in [2.45, 2.75) is 32.1 Å². The minimum atomic E-state index is -4.45. The first-order valence-corrected chi connectivity index (χ1v) is 6.17. The molecule has 0 fully saturated rings. The highest BCUT2D eigenvalue weighted by Crippen LogP contribution is 2.55. The van der Waals surface area contributed by atoms with Crippen LogP contribution in [0, 0.1) is 0 Å². The highest BCUT2D eigenvalue weighted by atomic mass is 32.5. The molecule has 0 bridgehead atoms. The Kier molecular flexibility index (Phi) is 3.95. The van der Waals surface area contributed by atoms with Gasteiger partial charge in [0.05, 0.1) is 0 Å². The van der Waals surface area contributed by atoms with Gasteiger partial charge in [0.2, 0.25) is 0 Å². The fourth-order valence-electron chi connectivity index (χ4n) is 0.354. The van der Waals surface area contributed by atoms with Gasteiger partial charge in [-0.15, -0.1) is 0 Å². The van der Waals surface area contributed by atoms with Crippen molar-refractivity contribution in [3.05, 3.63) is 0 Å². The lowest BCUT2D eigenvalue weighted by Crippen LogP contribution is -2.22. The molecule has 2 nitrogen and oxygen atoms in total. The molecule has 0 aliphatic heterocycles. The second-order valence-corrected chi connectivity index (χ2v) is 7.71. The molecular formula is C6H12F3O2PS. The minimum absolute atomic E-state index is 0.826. The van der Waals surface area contributed by atoms with E-state index >= 15 is 0 Å². The lowest BCUT2D eigenvalue weighted by atomic mass is 10.3. The SMILES string of the molecule is CC(C)(C)P(O)(=S)OCC(F)(F)F. The molecule has 0 aliphatic carbocycles. The lowest BCUT2D eigenvalue weighted by molar-refractivity contribution is -0.153. The Hall–Kier alpha value is 0.360. The number of rotatable bonds is 2. The fraction of sp³-hybridized carbons (Fsp3) is 1.00. The van der Waals surface area contributed by atoms with Crippen molar-refractivity contribution in [1.29, 1.82) is 0 Å². The molecule has 7 heteroatoms. The number of hydrogen-bond donors (Lipinski definition) is 1. The summed E-state index contributed by atoms with van der Waals surface area (Å²) in [6.07, 6.45) is -4.45. The van der Waals surface area contributed by atoms with Gasteiger partial charge in [-0.25, -0.2) is 0 Å². The van der Waals surface area contributed by atoms with Crippen LogP contribution in [0.4, 0.5) is 13.2 Å². The van der Waals surface area contributed by atoms with Crippen LogP contribution in [0.25, 0.3) is 0 Å². The smallest absolute Gasteiger partial charge is 0.345 e. The Morgan fingerprint density at radius 2 is 1.69 bits per heavy atom. The summed E-state index contributed by atoms with van der Waals surface area (Å²) in [5.74, 6) is 0. The molecule has 1 atom stereocenters. The van der Waals surface area contributed by atoms with Crippen LogP contribution in [-0.2, 0) is 16.3 Å². The molecule has 0 aliphatic rings. The zero-order valence-electron chi connectivity index (χ0n) is 7.55. The third-order valence-electron chi connectivity index (χ3n) is 1.25. The van der Waals surface area contributed by atoms with Crippen LogP contribution < -0.4 is 0 Å². The van der Waals surface area contributed by atoms with E-state index in [1.165, 1.54) is 0 Å². The minimum Gasteiger partial charge on any atom is -0.345 e. The standard InChI is InChI=1S/C6H12F3O2PS/c1-5(2,3)12(10,13)11-4-6(7,8)9/h4H2,1-3H3,(H,10,13). The van der Waals surface area contributed by atoms with Crippen LogP contribution >= 0.6 is 6.49 Å². The Morgan fingerprint density at radius 3 is 1.92 bits per heavy atom. The van der Waals surface area contributed by atoms with Gasteiger partial charge < -0.3 is 9.42 Å². The first-order chi connectivity index (χ1) is 5.46. The van der Waals surface area contributed by atoms with E-state index in [1.807, 2.05) is 0 Å². The number of hydrogen-bond acceptors (Lipinski definition) is 2. The van der Waals surface area contributed by atoms with E-state index in [9.17, 15) is 18.1 Å². The number of alkyl halides is 3. The van der Waals surface area contributed by atoms with E-state index in [0.29, 0.717) is 0 Å². The van der Waals surface area contributed by atoms with Crippen molar-refractivity contribution in [1.82, 2.24) is 0 Å². The predicted octanol–water partition coefficient (Wildman–Crippen LogP) is 2.67. The summed E-state index contributed by atoms with van der Waals surface area (Å²) in [5.41, 5.74) is 0. The first-order valence-electron chi connectivity index (χ1n) is 3.50. The molecule has 0 saturated carbocycles. The summed E-state index contributed by atoms with van der Waals surface area (Å²) in [4.78, 5) is 9.42. The molecule has 0 spiro atoms. The summed E-state index contributed by atoms with van der Waals surface area (Å²) in [7, 11) is 0. The first kappa shape index (κ1) is 13.4. The molecule has 1 unspecified atom stereocenters. The molecule has 0 rings (SSSR count). The predicted molar refractivity (Wildman–Crippen MR) is 48.3 cm³/mol. The second-order valence-electron chi connectivity index (χ2n) is 3.58. The fourth-order valence-corrected chi connectivity index (χ4v) is 1.22. The molecule has 0 heterocycles. The Bertz CT molecular complexity index is 221. The average molecular weight is 236 g/mol. The Balaban J connectivity index is 4.30. The number of halogens is 3. The van der Waals surface area contributed by atoms with Gasteiger partial charge in [0, 0.05) is 5.16 Å². The molecule has 80 valence electrons. The molecule has 0 amide bonds. The maximum absolute atomic E-state index is 11.7. The van der Waals surface area contributed by atoms with Crippen LogP contribution in [0.15, 0.2) is 0 Å². The summed E-state index contributed by atoms with van der Waals surface area (Å²) in [5, 5.41) is -0.826. The van der Waals surface area contributed by atoms with Crippen molar-refractivity contribution in [3.63, 3.8) is 0 Å². The van der Waals surface area contributed by atoms with Gasteiger partial charge in [-0.2, -0.15) is 13.2 Å². The van der Waals surface area contributed by atoms with Crippen LogP contribution in [0.1, 0.15) is 20.8 Å². The van der Waals surface area contributed by atoms with Gasteiger partial charge in [0.15, 0.2) is 6.49 Å². The Labute approximate surface area is 80.3 Å². The van der Waals surface area contributed by atoms with Crippen molar-refractivity contribution >= 4 is 18.3 Å². The van der Waals surface area contributed by atoms with Gasteiger partial charge in [0.25, 0.3) is 0 Å². The van der Waals surface area contributed by atoms with E-state index in [4.69, 9.17) is 0 Å². The van der Waals surface area contributed by atoms with E-state index in [1.54, 1.807) is 20.8 Å². The van der Waals surface area contributed by atoms with Crippen molar-refractivity contribution < 1.29 is 22.6 Å². The van der Waals surface area contributed by atoms with Gasteiger partial charge >= 0.3 is 6.18 Å². The van der Waals surface area contributed by atoms with E-state index in [-0.39, 0.29) is 0 Å². The van der Waals surface area contributed by atoms with E-state index in [2.05, 4.69) is 16.3 Å². The average Bonchev–Trinajstić information content (AvgIpc) is 1.79. The highest BCUT2D eigenvalue weighted by Gasteiger charge is 2.36.